The van der Waals surface area contributed by atoms with E-state index in [1.807, 2.05) is 0 Å². The highest BCUT2D eigenvalue weighted by atomic mass is 32.2. The zero-order chi connectivity index (χ0) is 47.1. The number of anilines is 1. The molecular formula is C44H51N9O10S2. The average Bonchev–Trinajstić information content (AvgIpc) is 3.75. The van der Waals surface area contributed by atoms with E-state index in [1.165, 1.54) is 37.3 Å². The first-order valence-electron chi connectivity index (χ1n) is 20.0. The van der Waals surface area contributed by atoms with Crippen LogP contribution in [0, 0.1) is 5.41 Å². The molecule has 0 saturated carbocycles. The van der Waals surface area contributed by atoms with E-state index in [-0.39, 0.29) is 42.4 Å². The molecule has 6 aromatic rings. The Balaban J connectivity index is 1.65. The summed E-state index contributed by atoms with van der Waals surface area (Å²) < 4.78 is 86.6. The molecule has 4 aromatic carbocycles. The van der Waals surface area contributed by atoms with Gasteiger partial charge in [-0.2, -0.15) is 9.10 Å². The fourth-order valence-electron chi connectivity index (χ4n) is 6.87. The van der Waals surface area contributed by atoms with Crippen LogP contribution in [0.1, 0.15) is 37.5 Å². The molecule has 1 amide bonds. The lowest BCUT2D eigenvalue weighted by atomic mass is 9.85. The fourth-order valence-corrected chi connectivity index (χ4v) is 10.5. The zero-order valence-electron chi connectivity index (χ0n) is 36.6. The normalized spacial score (nSPS) is 13.0. The number of primary amides is 1. The number of aliphatic hydroxyl groups excluding tert-OH is 1. The highest BCUT2D eigenvalue weighted by Crippen LogP contribution is 2.42. The van der Waals surface area contributed by atoms with Crippen LogP contribution in [0.5, 0.6) is 17.2 Å². The van der Waals surface area contributed by atoms with E-state index in [0.717, 1.165) is 15.9 Å². The van der Waals surface area contributed by atoms with Crippen LogP contribution in [0.3, 0.4) is 0 Å². The van der Waals surface area contributed by atoms with Crippen molar-refractivity contribution in [3.8, 4) is 39.8 Å². The number of amides is 1. The number of pyridine rings is 1. The van der Waals surface area contributed by atoms with Crippen molar-refractivity contribution in [1.29, 1.82) is 0 Å². The number of hydrogen-bond acceptors (Lipinski definition) is 15. The van der Waals surface area contributed by atoms with Gasteiger partial charge in [-0.15, -0.1) is 10.2 Å². The van der Waals surface area contributed by atoms with Crippen LogP contribution in [-0.4, -0.2) is 97.6 Å². The van der Waals surface area contributed by atoms with Crippen LogP contribution >= 0.6 is 0 Å². The van der Waals surface area contributed by atoms with Crippen molar-refractivity contribution in [2.45, 2.75) is 62.3 Å². The van der Waals surface area contributed by atoms with Crippen LogP contribution < -0.4 is 30.4 Å². The third kappa shape index (κ3) is 11.5. The Labute approximate surface area is 377 Å². The molecule has 344 valence electrons. The van der Waals surface area contributed by atoms with Gasteiger partial charge in [0.25, 0.3) is 0 Å². The summed E-state index contributed by atoms with van der Waals surface area (Å²) in [6.07, 6.45) is -1.28. The summed E-state index contributed by atoms with van der Waals surface area (Å²) in [4.78, 5) is 15.7. The summed E-state index contributed by atoms with van der Waals surface area (Å²) in [5.41, 5.74) is 12.5. The number of methoxy groups -OCH3 is 3. The largest absolute Gasteiger partial charge is 0.497 e. The Morgan fingerprint density at radius 2 is 1.35 bits per heavy atom. The van der Waals surface area contributed by atoms with E-state index in [1.54, 1.807) is 107 Å². The molecule has 0 fully saturated rings. The van der Waals surface area contributed by atoms with Gasteiger partial charge in [0.15, 0.2) is 0 Å². The number of sulfonamides is 2. The second kappa shape index (κ2) is 20.0. The van der Waals surface area contributed by atoms with Crippen LogP contribution in [0.15, 0.2) is 113 Å². The van der Waals surface area contributed by atoms with Gasteiger partial charge in [0.05, 0.1) is 45.6 Å². The number of nitrogens with two attached hydrogens (primary N) is 2. The van der Waals surface area contributed by atoms with Gasteiger partial charge in [0.1, 0.15) is 39.5 Å². The monoisotopic (exact) mass is 929 g/mol. The first-order chi connectivity index (χ1) is 30.8. The van der Waals surface area contributed by atoms with Crippen LogP contribution in [0.2, 0.25) is 0 Å². The number of ether oxygens (including phenoxy) is 4. The second-order valence-corrected chi connectivity index (χ2v) is 19.5. The molecule has 2 unspecified atom stereocenters. The molecule has 2 aromatic heterocycles. The summed E-state index contributed by atoms with van der Waals surface area (Å²) in [5.74, 6) is 1.51. The molecule has 19 nitrogen and oxygen atoms in total. The number of tetrazole rings is 1. The predicted molar refractivity (Wildman–Crippen MR) is 241 cm³/mol. The van der Waals surface area contributed by atoms with E-state index in [0.29, 0.717) is 33.9 Å². The Hall–Kier alpha value is -6.65. The molecule has 21 heteroatoms. The number of nitrogen functional groups attached to an aromatic ring is 1. The van der Waals surface area contributed by atoms with E-state index in [4.69, 9.17) is 30.4 Å². The molecule has 0 bridgehead atoms. The number of aliphatic hydroxyl groups is 1. The molecule has 0 aliphatic rings. The van der Waals surface area contributed by atoms with Gasteiger partial charge in [-0.25, -0.2) is 31.3 Å². The molecule has 6 rings (SSSR count). The van der Waals surface area contributed by atoms with E-state index < -0.39 is 60.1 Å². The molecule has 0 aliphatic carbocycles. The number of aromatic nitrogens is 5. The van der Waals surface area contributed by atoms with Crippen molar-refractivity contribution in [3.63, 3.8) is 0 Å². The summed E-state index contributed by atoms with van der Waals surface area (Å²) in [5, 5.41) is 24.7. The number of carbonyl (C=O) groups is 1. The van der Waals surface area contributed by atoms with Crippen molar-refractivity contribution in [2.75, 3.05) is 33.7 Å². The fraction of sp³-hybridized carbons (Fsp3) is 0.295. The number of carbonyl (C=O) groups excluding carboxylic acids is 1. The molecule has 0 spiro atoms. The van der Waals surface area contributed by atoms with Crippen LogP contribution in [-0.2, 0) is 44.4 Å². The second-order valence-electron chi connectivity index (χ2n) is 15.9. The standard InChI is InChI=1S/C44H51N9O10S2/c1-44(2,3)41(54)36(27-63-43(46)55)50-64(56,57)37-20-19-35(31-21-22-47-38(45)23-31)39(42-48-51-53(49-42)26-30-11-17-34(62-6)18-12-30)40(37)65(58,59)52(24-28-7-13-32(60-4)14-8-28)25-29-9-15-33(61-5)16-10-29/h7-23,36,41,50,54H,24-27H2,1-6H3,(H2,45,47)(H2,46,55). The van der Waals surface area contributed by atoms with Crippen molar-refractivity contribution in [1.82, 2.24) is 34.2 Å². The molecular weight excluding hydrogens is 879 g/mol. The molecule has 2 heterocycles. The molecule has 6 N–H and O–H groups in total. The molecule has 0 aliphatic heterocycles. The molecule has 2 atom stereocenters. The van der Waals surface area contributed by atoms with Gasteiger partial charge < -0.3 is 35.5 Å². The van der Waals surface area contributed by atoms with E-state index in [2.05, 4.69) is 25.1 Å². The van der Waals surface area contributed by atoms with Crippen LogP contribution in [0.25, 0.3) is 22.5 Å². The predicted octanol–water partition coefficient (Wildman–Crippen LogP) is 4.60. The van der Waals surface area contributed by atoms with Gasteiger partial charge >= 0.3 is 6.09 Å². The summed E-state index contributed by atoms with van der Waals surface area (Å²) in [7, 11) is -5.50. The Bertz CT molecular complexity index is 2770. The number of nitrogens with one attached hydrogen (secondary N) is 1. The van der Waals surface area contributed by atoms with Crippen LogP contribution in [0.4, 0.5) is 10.6 Å². The van der Waals surface area contributed by atoms with Gasteiger partial charge in [0.2, 0.25) is 25.9 Å². The molecule has 65 heavy (non-hydrogen) atoms. The minimum absolute atomic E-state index is 0.0847. The van der Waals surface area contributed by atoms with E-state index in [9.17, 15) is 9.90 Å². The first kappa shape index (κ1) is 47.8. The Kier molecular flexibility index (Phi) is 14.7. The maximum Gasteiger partial charge on any atom is 0.404 e. The minimum atomic E-state index is -5.02. The van der Waals surface area contributed by atoms with Gasteiger partial charge in [-0.1, -0.05) is 63.2 Å². The highest BCUT2D eigenvalue weighted by Gasteiger charge is 2.41. The lowest BCUT2D eigenvalue weighted by molar-refractivity contribution is 0.0141. The number of nitrogens with zero attached hydrogens (tertiary/aromatic N) is 6. The Morgan fingerprint density at radius 3 is 1.85 bits per heavy atom. The quantitative estimate of drug-likeness (QED) is 0.0865. The van der Waals surface area contributed by atoms with Crippen molar-refractivity contribution in [2.24, 2.45) is 11.1 Å². The van der Waals surface area contributed by atoms with Crippen molar-refractivity contribution >= 4 is 32.0 Å². The smallest absolute Gasteiger partial charge is 0.404 e. The molecule has 0 saturated heterocycles. The third-order valence-corrected chi connectivity index (χ3v) is 13.8. The first-order valence-corrected chi connectivity index (χ1v) is 22.9. The van der Waals surface area contributed by atoms with Gasteiger partial charge in [-0.05, 0) is 93.0 Å². The molecule has 0 radical (unpaired) electrons. The Morgan fingerprint density at radius 1 is 0.815 bits per heavy atom. The number of rotatable bonds is 19. The van der Waals surface area contributed by atoms with Gasteiger partial charge in [-0.3, -0.25) is 0 Å². The van der Waals surface area contributed by atoms with Crippen molar-refractivity contribution < 1.29 is 45.7 Å². The summed E-state index contributed by atoms with van der Waals surface area (Å²) in [6, 6.07) is 24.6. The highest BCUT2D eigenvalue weighted by molar-refractivity contribution is 7.92. The number of hydrogen-bond donors (Lipinski definition) is 4. The lowest BCUT2D eigenvalue weighted by Crippen LogP contribution is -2.52. The lowest BCUT2D eigenvalue weighted by Gasteiger charge is -2.33. The maximum atomic E-state index is 16.0. The number of benzene rings is 4. The third-order valence-electron chi connectivity index (χ3n) is 10.3. The van der Waals surface area contributed by atoms with Crippen molar-refractivity contribution in [3.05, 3.63) is 120 Å². The summed E-state index contributed by atoms with van der Waals surface area (Å²) in [6.45, 7) is 3.80. The SMILES string of the molecule is COc1ccc(CN(Cc2ccc(OC)cc2)S(=O)(=O)c2c(S(=O)(=O)NC(COC(N)=O)C(O)C(C)(C)C)ccc(-c3ccnc(N)c3)c2-c2nnn(Cc3ccc(OC)cc3)n2)cc1. The average molecular weight is 930 g/mol. The summed E-state index contributed by atoms with van der Waals surface area (Å²) >= 11 is 0. The van der Waals surface area contributed by atoms with Gasteiger partial charge in [0, 0.05) is 19.3 Å². The topological polar surface area (TPSA) is 266 Å². The maximum absolute atomic E-state index is 16.0. The zero-order valence-corrected chi connectivity index (χ0v) is 38.2. The minimum Gasteiger partial charge on any atom is -0.497 e. The van der Waals surface area contributed by atoms with E-state index >= 15 is 16.8 Å².